The monoisotopic (exact) mass is 495 g/mol. The first kappa shape index (κ1) is 18.8. The van der Waals surface area contributed by atoms with E-state index in [2.05, 4.69) is 28.5 Å². The number of carbonyl (C=O) groups excluding carboxylic acids is 2. The lowest BCUT2D eigenvalue weighted by atomic mass is 10.2. The molecule has 0 aliphatic carbocycles. The van der Waals surface area contributed by atoms with E-state index in [4.69, 9.17) is 22.8 Å². The molecule has 1 fully saturated rings. The summed E-state index contributed by atoms with van der Waals surface area (Å²) in [5, 5.41) is 0.106. The Balaban J connectivity index is 1.86. The van der Waals surface area contributed by atoms with E-state index >= 15 is 0 Å². The van der Waals surface area contributed by atoms with Crippen molar-refractivity contribution in [2.75, 3.05) is 11.5 Å². The normalized spacial score (nSPS) is 15.4. The molecule has 0 N–H and O–H groups in total. The molecule has 0 radical (unpaired) electrons. The third-order valence-corrected chi connectivity index (χ3v) is 5.37. The number of hydrogen-bond acceptors (Lipinski definition) is 4. The minimum Gasteiger partial charge on any atom is -0.480 e. The average molecular weight is 496 g/mol. The van der Waals surface area contributed by atoms with Gasteiger partial charge in [-0.05, 0) is 76.3 Å². The quantitative estimate of drug-likeness (QED) is 0.332. The van der Waals surface area contributed by atoms with Gasteiger partial charge in [-0.1, -0.05) is 29.7 Å². The molecule has 0 saturated carbocycles. The van der Waals surface area contributed by atoms with Gasteiger partial charge in [0.1, 0.15) is 12.4 Å². The summed E-state index contributed by atoms with van der Waals surface area (Å²) in [5.41, 5.74) is 1.25. The molecule has 1 saturated heterocycles. The highest BCUT2D eigenvalue weighted by Gasteiger charge is 2.36. The number of hydrogen-bond donors (Lipinski definition) is 0. The molecule has 0 bridgehead atoms. The van der Waals surface area contributed by atoms with Crippen molar-refractivity contribution in [1.29, 1.82) is 0 Å². The Morgan fingerprint density at radius 1 is 1.27 bits per heavy atom. The van der Waals surface area contributed by atoms with Crippen LogP contribution in [0.2, 0.25) is 5.02 Å². The molecule has 0 spiro atoms. The van der Waals surface area contributed by atoms with Crippen LogP contribution in [0.5, 0.6) is 5.75 Å². The van der Waals surface area contributed by atoms with Gasteiger partial charge in [-0.15, -0.1) is 6.42 Å². The van der Waals surface area contributed by atoms with Crippen molar-refractivity contribution < 1.29 is 14.3 Å². The van der Waals surface area contributed by atoms with E-state index in [1.807, 2.05) is 6.07 Å². The Morgan fingerprint density at radius 2 is 2.08 bits per heavy atom. The Labute approximate surface area is 173 Å². The van der Waals surface area contributed by atoms with Crippen molar-refractivity contribution >= 4 is 68.9 Å². The standard InChI is InChI=1S/C19H11ClINO3S/c1-2-8-25-16-7-6-12(9-15(16)21)10-17-18(23)22(19(24)26-17)14-5-3-4-13(20)11-14/h1,3-7,9-11H,8H2/b17-10+. The molecule has 130 valence electrons. The van der Waals surface area contributed by atoms with Crippen molar-refractivity contribution in [3.05, 3.63) is 61.5 Å². The van der Waals surface area contributed by atoms with Crippen LogP contribution in [0.3, 0.4) is 0 Å². The minimum atomic E-state index is -0.370. The van der Waals surface area contributed by atoms with Gasteiger partial charge in [-0.3, -0.25) is 9.59 Å². The zero-order chi connectivity index (χ0) is 18.7. The van der Waals surface area contributed by atoms with E-state index in [-0.39, 0.29) is 17.8 Å². The van der Waals surface area contributed by atoms with Gasteiger partial charge >= 0.3 is 0 Å². The van der Waals surface area contributed by atoms with Gasteiger partial charge in [0, 0.05) is 5.02 Å². The van der Waals surface area contributed by atoms with Crippen LogP contribution in [0.15, 0.2) is 47.4 Å². The molecule has 2 aromatic rings. The van der Waals surface area contributed by atoms with Crippen molar-refractivity contribution in [2.45, 2.75) is 0 Å². The molecule has 7 heteroatoms. The molecule has 4 nitrogen and oxygen atoms in total. The summed E-state index contributed by atoms with van der Waals surface area (Å²) in [6, 6.07) is 12.1. The van der Waals surface area contributed by atoms with Gasteiger partial charge in [0.25, 0.3) is 11.1 Å². The summed E-state index contributed by atoms with van der Waals surface area (Å²) in [4.78, 5) is 26.4. The van der Waals surface area contributed by atoms with Crippen LogP contribution >= 0.6 is 46.0 Å². The summed E-state index contributed by atoms with van der Waals surface area (Å²) in [6.07, 6.45) is 6.87. The summed E-state index contributed by atoms with van der Waals surface area (Å²) in [7, 11) is 0. The van der Waals surface area contributed by atoms with Crippen molar-refractivity contribution in [3.63, 3.8) is 0 Å². The van der Waals surface area contributed by atoms with Crippen LogP contribution in [0.4, 0.5) is 10.5 Å². The first-order valence-corrected chi connectivity index (χ1v) is 9.66. The third-order valence-electron chi connectivity index (χ3n) is 3.42. The Morgan fingerprint density at radius 3 is 2.77 bits per heavy atom. The SMILES string of the molecule is C#CCOc1ccc(/C=C2/SC(=O)N(c3cccc(Cl)c3)C2=O)cc1I. The molecule has 26 heavy (non-hydrogen) atoms. The van der Waals surface area contributed by atoms with E-state index in [9.17, 15) is 9.59 Å². The van der Waals surface area contributed by atoms with E-state index in [1.165, 1.54) is 0 Å². The number of amides is 2. The molecular formula is C19H11ClINO3S. The fraction of sp³-hybridized carbons (Fsp3) is 0.0526. The topological polar surface area (TPSA) is 46.6 Å². The number of ether oxygens (including phenoxy) is 1. The second kappa shape index (κ2) is 8.16. The summed E-state index contributed by atoms with van der Waals surface area (Å²) in [6.45, 7) is 0.188. The lowest BCUT2D eigenvalue weighted by molar-refractivity contribution is -0.113. The second-order valence-electron chi connectivity index (χ2n) is 5.18. The first-order chi connectivity index (χ1) is 12.5. The van der Waals surface area contributed by atoms with Gasteiger partial charge in [-0.25, -0.2) is 4.90 Å². The predicted molar refractivity (Wildman–Crippen MR) is 113 cm³/mol. The smallest absolute Gasteiger partial charge is 0.298 e. The number of nitrogens with zero attached hydrogens (tertiary/aromatic N) is 1. The Bertz CT molecular complexity index is 967. The Hall–Kier alpha value is -1.95. The van der Waals surface area contributed by atoms with Gasteiger partial charge < -0.3 is 4.74 Å². The molecule has 1 aliphatic rings. The van der Waals surface area contributed by atoms with Gasteiger partial charge in [-0.2, -0.15) is 0 Å². The van der Waals surface area contributed by atoms with Crippen LogP contribution in [-0.2, 0) is 4.79 Å². The molecule has 1 aliphatic heterocycles. The van der Waals surface area contributed by atoms with Crippen LogP contribution in [0.1, 0.15) is 5.56 Å². The van der Waals surface area contributed by atoms with Crippen LogP contribution in [-0.4, -0.2) is 17.8 Å². The Kier molecular flexibility index (Phi) is 5.91. The molecule has 2 amide bonds. The summed E-state index contributed by atoms with van der Waals surface area (Å²) >= 11 is 8.99. The summed E-state index contributed by atoms with van der Waals surface area (Å²) in [5.74, 6) is 2.72. The number of thioether (sulfide) groups is 1. The van der Waals surface area contributed by atoms with Crippen molar-refractivity contribution in [3.8, 4) is 18.1 Å². The maximum Gasteiger partial charge on any atom is 0.298 e. The molecule has 0 aromatic heterocycles. The number of benzene rings is 2. The maximum atomic E-state index is 12.6. The fourth-order valence-corrected chi connectivity index (χ4v) is 4.02. The molecule has 0 atom stereocenters. The van der Waals surface area contributed by atoms with Crippen LogP contribution in [0.25, 0.3) is 6.08 Å². The van der Waals surface area contributed by atoms with Crippen molar-refractivity contribution in [2.24, 2.45) is 0 Å². The third kappa shape index (κ3) is 4.06. The zero-order valence-corrected chi connectivity index (χ0v) is 17.0. The zero-order valence-electron chi connectivity index (χ0n) is 13.2. The number of terminal acetylenes is 1. The highest BCUT2D eigenvalue weighted by atomic mass is 127. The van der Waals surface area contributed by atoms with Gasteiger partial charge in [0.05, 0.1) is 14.2 Å². The van der Waals surface area contributed by atoms with E-state index < -0.39 is 0 Å². The number of anilines is 1. The number of rotatable bonds is 4. The lowest BCUT2D eigenvalue weighted by Crippen LogP contribution is -2.27. The van der Waals surface area contributed by atoms with Crippen LogP contribution < -0.4 is 9.64 Å². The van der Waals surface area contributed by atoms with Gasteiger partial charge in [0.2, 0.25) is 0 Å². The van der Waals surface area contributed by atoms with E-state index in [0.717, 1.165) is 25.8 Å². The van der Waals surface area contributed by atoms with Crippen molar-refractivity contribution in [1.82, 2.24) is 0 Å². The lowest BCUT2D eigenvalue weighted by Gasteiger charge is -2.12. The molecular weight excluding hydrogens is 485 g/mol. The van der Waals surface area contributed by atoms with E-state index in [1.54, 1.807) is 42.5 Å². The molecule has 0 unspecified atom stereocenters. The van der Waals surface area contributed by atoms with Crippen LogP contribution in [0, 0.1) is 15.9 Å². The summed E-state index contributed by atoms with van der Waals surface area (Å²) < 4.78 is 6.29. The highest BCUT2D eigenvalue weighted by molar-refractivity contribution is 14.1. The number of imide groups is 1. The minimum absolute atomic E-state index is 0.188. The van der Waals surface area contributed by atoms with E-state index in [0.29, 0.717) is 21.4 Å². The predicted octanol–water partition coefficient (Wildman–Crippen LogP) is 5.20. The fourth-order valence-electron chi connectivity index (χ4n) is 2.30. The van der Waals surface area contributed by atoms with Gasteiger partial charge in [0.15, 0.2) is 0 Å². The maximum absolute atomic E-state index is 12.6. The molecule has 1 heterocycles. The highest BCUT2D eigenvalue weighted by Crippen LogP contribution is 2.36. The first-order valence-electron chi connectivity index (χ1n) is 7.39. The molecule has 2 aromatic carbocycles. The average Bonchev–Trinajstić information content (AvgIpc) is 2.88. The number of carbonyl (C=O) groups is 2. The second-order valence-corrected chi connectivity index (χ2v) is 7.77. The molecule has 3 rings (SSSR count). The largest absolute Gasteiger partial charge is 0.480 e. The number of halogens is 2.